The first-order valence-corrected chi connectivity index (χ1v) is 8.14. The molecule has 0 heterocycles. The molecule has 2 aliphatic carbocycles. The number of rotatable bonds is 4. The van der Waals surface area contributed by atoms with E-state index >= 15 is 0 Å². The lowest BCUT2D eigenvalue weighted by Crippen LogP contribution is -2.22. The largest absolute Gasteiger partial charge is 0.345 e. The Morgan fingerprint density at radius 1 is 1.14 bits per heavy atom. The number of amides is 2. The van der Waals surface area contributed by atoms with E-state index in [0.29, 0.717) is 17.9 Å². The number of nitrogens with one attached hydrogen (secondary N) is 1. The van der Waals surface area contributed by atoms with Gasteiger partial charge < -0.3 is 10.2 Å². The van der Waals surface area contributed by atoms with E-state index in [1.807, 2.05) is 0 Å². The molecule has 0 unspecified atom stereocenters. The summed E-state index contributed by atoms with van der Waals surface area (Å²) in [5, 5.41) is 2.96. The van der Waals surface area contributed by atoms with Crippen LogP contribution in [0, 0.1) is 17.8 Å². The zero-order chi connectivity index (χ0) is 15.7. The summed E-state index contributed by atoms with van der Waals surface area (Å²) in [4.78, 5) is 25.5. The molecular weight excluding hydrogens is 276 g/mol. The maximum Gasteiger partial charge on any atom is 0.253 e. The molecule has 118 valence electrons. The second kappa shape index (κ2) is 6.11. The molecule has 1 aromatic rings. The third kappa shape index (κ3) is 3.16. The minimum absolute atomic E-state index is 0.0279. The van der Waals surface area contributed by atoms with Crippen LogP contribution in [0.15, 0.2) is 24.3 Å². The van der Waals surface area contributed by atoms with Crippen molar-refractivity contribution in [3.05, 3.63) is 29.8 Å². The molecule has 0 saturated heterocycles. The summed E-state index contributed by atoms with van der Waals surface area (Å²) in [7, 11) is 3.46. The number of hydrogen-bond donors (Lipinski definition) is 1. The van der Waals surface area contributed by atoms with Crippen LogP contribution < -0.4 is 5.32 Å². The monoisotopic (exact) mass is 300 g/mol. The third-order valence-corrected chi connectivity index (χ3v) is 5.15. The summed E-state index contributed by atoms with van der Waals surface area (Å²) in [5.41, 5.74) is 1.40. The molecule has 2 aliphatic rings. The lowest BCUT2D eigenvalue weighted by Gasteiger charge is -2.20. The summed E-state index contributed by atoms with van der Waals surface area (Å²) in [6.45, 7) is 0. The Labute approximate surface area is 131 Å². The van der Waals surface area contributed by atoms with Crippen molar-refractivity contribution in [2.75, 3.05) is 19.4 Å². The highest BCUT2D eigenvalue weighted by Crippen LogP contribution is 2.49. The fourth-order valence-electron chi connectivity index (χ4n) is 4.03. The van der Waals surface area contributed by atoms with Crippen LogP contribution in [-0.2, 0) is 4.79 Å². The first kappa shape index (κ1) is 15.1. The molecule has 1 aromatic carbocycles. The smallest absolute Gasteiger partial charge is 0.253 e. The average molecular weight is 300 g/mol. The predicted octanol–water partition coefficient (Wildman–Crippen LogP) is 3.15. The van der Waals surface area contributed by atoms with Gasteiger partial charge in [0.25, 0.3) is 5.91 Å². The van der Waals surface area contributed by atoms with Gasteiger partial charge in [0.05, 0.1) is 0 Å². The molecule has 1 N–H and O–H groups in total. The number of hydrogen-bond acceptors (Lipinski definition) is 2. The van der Waals surface area contributed by atoms with E-state index in [2.05, 4.69) is 5.32 Å². The zero-order valence-electron chi connectivity index (χ0n) is 13.3. The van der Waals surface area contributed by atoms with Crippen molar-refractivity contribution >= 4 is 17.5 Å². The highest BCUT2D eigenvalue weighted by molar-refractivity contribution is 5.95. The van der Waals surface area contributed by atoms with Gasteiger partial charge >= 0.3 is 0 Å². The first-order chi connectivity index (χ1) is 10.5. The number of nitrogens with zero attached hydrogens (tertiary/aromatic N) is 1. The van der Waals surface area contributed by atoms with Crippen LogP contribution in [0.3, 0.4) is 0 Å². The van der Waals surface area contributed by atoms with Crippen molar-refractivity contribution in [2.24, 2.45) is 17.8 Å². The van der Waals surface area contributed by atoms with Gasteiger partial charge in [-0.2, -0.15) is 0 Å². The number of anilines is 1. The summed E-state index contributed by atoms with van der Waals surface area (Å²) in [6.07, 6.45) is 5.88. The molecule has 0 spiro atoms. The Morgan fingerprint density at radius 3 is 2.41 bits per heavy atom. The average Bonchev–Trinajstić information content (AvgIpc) is 3.09. The molecule has 3 atom stereocenters. The summed E-state index contributed by atoms with van der Waals surface area (Å²) < 4.78 is 0. The zero-order valence-corrected chi connectivity index (χ0v) is 13.3. The van der Waals surface area contributed by atoms with Gasteiger partial charge in [0.1, 0.15) is 0 Å². The lowest BCUT2D eigenvalue weighted by atomic mass is 9.86. The van der Waals surface area contributed by atoms with E-state index in [-0.39, 0.29) is 11.8 Å². The standard InChI is InChI=1S/C18H24N2O2/c1-20(2)18(22)13-5-7-16(8-6-13)19-17(21)11-15-10-12-3-4-14(15)9-12/h5-8,12,14-15H,3-4,9-11H2,1-2H3,(H,19,21)/t12-,14+,15+/m0/s1. The summed E-state index contributed by atoms with van der Waals surface area (Å²) in [6, 6.07) is 7.12. The van der Waals surface area contributed by atoms with Gasteiger partial charge in [0.15, 0.2) is 0 Å². The Hall–Kier alpha value is -1.84. The van der Waals surface area contributed by atoms with E-state index in [1.54, 1.807) is 43.3 Å². The van der Waals surface area contributed by atoms with Gasteiger partial charge in [0.2, 0.25) is 5.91 Å². The highest BCUT2D eigenvalue weighted by Gasteiger charge is 2.40. The normalized spacial score (nSPS) is 26.0. The third-order valence-electron chi connectivity index (χ3n) is 5.15. The highest BCUT2D eigenvalue weighted by atomic mass is 16.2. The van der Waals surface area contributed by atoms with E-state index in [9.17, 15) is 9.59 Å². The van der Waals surface area contributed by atoms with Crippen molar-refractivity contribution in [3.8, 4) is 0 Å². The predicted molar refractivity (Wildman–Crippen MR) is 86.6 cm³/mol. The van der Waals surface area contributed by atoms with E-state index in [0.717, 1.165) is 17.5 Å². The SMILES string of the molecule is CN(C)C(=O)c1ccc(NC(=O)C[C@H]2C[C@H]3CC[C@@H]2C3)cc1. The molecule has 4 nitrogen and oxygen atoms in total. The van der Waals surface area contributed by atoms with E-state index < -0.39 is 0 Å². The van der Waals surface area contributed by atoms with Gasteiger partial charge in [0, 0.05) is 31.8 Å². The second-order valence-electron chi connectivity index (χ2n) is 6.96. The van der Waals surface area contributed by atoms with Gasteiger partial charge in [-0.25, -0.2) is 0 Å². The van der Waals surface area contributed by atoms with Gasteiger partial charge in [-0.05, 0) is 61.3 Å². The van der Waals surface area contributed by atoms with Crippen molar-refractivity contribution in [1.82, 2.24) is 4.90 Å². The van der Waals surface area contributed by atoms with Crippen LogP contribution in [0.25, 0.3) is 0 Å². The maximum atomic E-state index is 12.2. The molecular formula is C18H24N2O2. The van der Waals surface area contributed by atoms with Crippen LogP contribution >= 0.6 is 0 Å². The van der Waals surface area contributed by atoms with Crippen molar-refractivity contribution in [1.29, 1.82) is 0 Å². The number of fused-ring (bicyclic) bond motifs is 2. The minimum atomic E-state index is -0.0279. The Morgan fingerprint density at radius 2 is 1.86 bits per heavy atom. The van der Waals surface area contributed by atoms with Gasteiger partial charge in [-0.15, -0.1) is 0 Å². The minimum Gasteiger partial charge on any atom is -0.345 e. The van der Waals surface area contributed by atoms with Crippen LogP contribution in [-0.4, -0.2) is 30.8 Å². The molecule has 2 fully saturated rings. The van der Waals surface area contributed by atoms with Gasteiger partial charge in [-0.1, -0.05) is 6.42 Å². The molecule has 2 amide bonds. The molecule has 2 saturated carbocycles. The number of carbonyl (C=O) groups is 2. The van der Waals surface area contributed by atoms with Crippen LogP contribution in [0.4, 0.5) is 5.69 Å². The molecule has 0 aliphatic heterocycles. The quantitative estimate of drug-likeness (QED) is 0.928. The maximum absolute atomic E-state index is 12.2. The van der Waals surface area contributed by atoms with Crippen LogP contribution in [0.1, 0.15) is 42.5 Å². The molecule has 0 aromatic heterocycles. The van der Waals surface area contributed by atoms with Crippen LogP contribution in [0.5, 0.6) is 0 Å². The van der Waals surface area contributed by atoms with Crippen LogP contribution in [0.2, 0.25) is 0 Å². The molecule has 3 rings (SSSR count). The number of benzene rings is 1. The van der Waals surface area contributed by atoms with Crippen molar-refractivity contribution in [3.63, 3.8) is 0 Å². The van der Waals surface area contributed by atoms with Crippen molar-refractivity contribution in [2.45, 2.75) is 32.1 Å². The fraction of sp³-hybridized carbons (Fsp3) is 0.556. The number of carbonyl (C=O) groups excluding carboxylic acids is 2. The van der Waals surface area contributed by atoms with Crippen molar-refractivity contribution < 1.29 is 9.59 Å². The topological polar surface area (TPSA) is 49.4 Å². The first-order valence-electron chi connectivity index (χ1n) is 8.14. The lowest BCUT2D eigenvalue weighted by molar-refractivity contribution is -0.117. The second-order valence-corrected chi connectivity index (χ2v) is 6.96. The fourth-order valence-corrected chi connectivity index (χ4v) is 4.03. The summed E-state index contributed by atoms with van der Waals surface area (Å²) >= 11 is 0. The van der Waals surface area contributed by atoms with Gasteiger partial charge in [-0.3, -0.25) is 9.59 Å². The molecule has 0 radical (unpaired) electrons. The van der Waals surface area contributed by atoms with E-state index in [1.165, 1.54) is 25.7 Å². The van der Waals surface area contributed by atoms with E-state index in [4.69, 9.17) is 0 Å². The molecule has 22 heavy (non-hydrogen) atoms. The summed E-state index contributed by atoms with van der Waals surface area (Å²) in [5.74, 6) is 2.30. The molecule has 2 bridgehead atoms. The Kier molecular flexibility index (Phi) is 4.19. The molecule has 4 heteroatoms. The Bertz CT molecular complexity index is 565. The Balaban J connectivity index is 1.54.